The van der Waals surface area contributed by atoms with Crippen LogP contribution in [0, 0.1) is 0 Å². The Morgan fingerprint density at radius 2 is 2.37 bits per heavy atom. The van der Waals surface area contributed by atoms with Gasteiger partial charge in [-0.25, -0.2) is 4.98 Å². The maximum Gasteiger partial charge on any atom is 0.250 e. The van der Waals surface area contributed by atoms with E-state index in [2.05, 4.69) is 9.88 Å². The number of ether oxygens (including phenoxy) is 1. The third-order valence-electron chi connectivity index (χ3n) is 3.86. The summed E-state index contributed by atoms with van der Waals surface area (Å²) in [5, 5.41) is 0.476. The monoisotopic (exact) mass is 281 g/mol. The average molecular weight is 282 g/mol. The summed E-state index contributed by atoms with van der Waals surface area (Å²) in [6, 6.07) is 1.93. The van der Waals surface area contributed by atoms with Crippen molar-refractivity contribution in [1.29, 1.82) is 0 Å². The predicted octanol–water partition coefficient (Wildman–Crippen LogP) is 1.59. The average Bonchev–Trinajstić information content (AvgIpc) is 2.86. The number of amides is 1. The summed E-state index contributed by atoms with van der Waals surface area (Å²) in [5.41, 5.74) is 5.56. The second-order valence-corrected chi connectivity index (χ2v) is 5.40. The van der Waals surface area contributed by atoms with E-state index in [-0.39, 0.29) is 6.10 Å². The lowest BCUT2D eigenvalue weighted by Crippen LogP contribution is -2.49. The molecule has 1 aliphatic carbocycles. The van der Waals surface area contributed by atoms with Crippen LogP contribution in [0.3, 0.4) is 0 Å². The zero-order valence-electron chi connectivity index (χ0n) is 10.5. The number of nitrogens with two attached hydrogens (primary N) is 1. The number of carbonyl (C=O) groups excluding carboxylic acids is 1. The van der Waals surface area contributed by atoms with Crippen molar-refractivity contribution in [1.82, 2.24) is 4.98 Å². The first-order valence-electron chi connectivity index (χ1n) is 6.50. The fourth-order valence-electron chi connectivity index (χ4n) is 2.97. The van der Waals surface area contributed by atoms with Gasteiger partial charge in [0.25, 0.3) is 0 Å². The van der Waals surface area contributed by atoms with E-state index in [0.29, 0.717) is 23.2 Å². The van der Waals surface area contributed by atoms with Crippen molar-refractivity contribution in [2.75, 3.05) is 18.1 Å². The normalized spacial score (nSPS) is 26.3. The maximum absolute atomic E-state index is 11.1. The first kappa shape index (κ1) is 12.7. The van der Waals surface area contributed by atoms with Crippen molar-refractivity contribution in [3.05, 3.63) is 22.8 Å². The molecule has 5 nitrogen and oxygen atoms in total. The van der Waals surface area contributed by atoms with Gasteiger partial charge >= 0.3 is 0 Å². The van der Waals surface area contributed by atoms with Crippen LogP contribution in [0.1, 0.15) is 29.6 Å². The Labute approximate surface area is 116 Å². The van der Waals surface area contributed by atoms with Crippen molar-refractivity contribution in [2.45, 2.75) is 31.4 Å². The molecule has 0 spiro atoms. The lowest BCUT2D eigenvalue weighted by atomic mass is 10.1. The van der Waals surface area contributed by atoms with Crippen LogP contribution in [0.15, 0.2) is 12.3 Å². The number of nitrogens with zero attached hydrogens (tertiary/aromatic N) is 2. The molecule has 1 saturated carbocycles. The molecule has 1 saturated heterocycles. The molecule has 2 heterocycles. The molecule has 6 heteroatoms. The molecule has 0 unspecified atom stereocenters. The number of halogens is 1. The van der Waals surface area contributed by atoms with E-state index in [1.807, 2.05) is 0 Å². The number of fused-ring (bicyclic) bond motifs is 1. The summed E-state index contributed by atoms with van der Waals surface area (Å²) in [5.74, 6) is 0.216. The van der Waals surface area contributed by atoms with E-state index in [9.17, 15) is 4.79 Å². The van der Waals surface area contributed by atoms with Gasteiger partial charge in [0.05, 0.1) is 29.3 Å². The highest BCUT2D eigenvalue weighted by Crippen LogP contribution is 2.35. The van der Waals surface area contributed by atoms with Crippen LogP contribution in [0.25, 0.3) is 0 Å². The van der Waals surface area contributed by atoms with Crippen LogP contribution in [-0.2, 0) is 4.74 Å². The van der Waals surface area contributed by atoms with Crippen molar-refractivity contribution in [3.8, 4) is 0 Å². The topological polar surface area (TPSA) is 68.5 Å². The minimum Gasteiger partial charge on any atom is -0.374 e. The molecule has 1 aromatic heterocycles. The number of primary amides is 1. The lowest BCUT2D eigenvalue weighted by molar-refractivity contribution is 0.0253. The SMILES string of the molecule is NC(=O)c1cnc(N2CCO[C@@H]3CCC[C@H]32)c(Cl)c1. The van der Waals surface area contributed by atoms with E-state index < -0.39 is 5.91 Å². The Morgan fingerprint density at radius 3 is 3.11 bits per heavy atom. The molecule has 2 N–H and O–H groups in total. The van der Waals surface area contributed by atoms with Gasteiger partial charge in [0.15, 0.2) is 0 Å². The smallest absolute Gasteiger partial charge is 0.250 e. The Kier molecular flexibility index (Phi) is 3.33. The van der Waals surface area contributed by atoms with Gasteiger partial charge in [-0.05, 0) is 25.3 Å². The maximum atomic E-state index is 11.1. The zero-order valence-corrected chi connectivity index (χ0v) is 11.3. The molecule has 0 radical (unpaired) electrons. The first-order chi connectivity index (χ1) is 9.16. The number of anilines is 1. The standard InChI is InChI=1S/C13H16ClN3O2/c14-9-6-8(12(15)18)7-16-13(9)17-4-5-19-11-3-1-2-10(11)17/h6-7,10-11H,1-5H2,(H2,15,18)/t10-,11-/m1/s1. The van der Waals surface area contributed by atoms with Crippen LogP contribution < -0.4 is 10.6 Å². The number of pyridine rings is 1. The Hall–Kier alpha value is -1.33. The number of carbonyl (C=O) groups is 1. The molecule has 0 bridgehead atoms. The molecule has 3 rings (SSSR count). The van der Waals surface area contributed by atoms with Crippen molar-refractivity contribution >= 4 is 23.3 Å². The predicted molar refractivity (Wildman–Crippen MR) is 72.5 cm³/mol. The summed E-state index contributed by atoms with van der Waals surface area (Å²) >= 11 is 6.24. The number of hydrogen-bond donors (Lipinski definition) is 1. The van der Waals surface area contributed by atoms with E-state index >= 15 is 0 Å². The highest BCUT2D eigenvalue weighted by atomic mass is 35.5. The van der Waals surface area contributed by atoms with Crippen LogP contribution in [0.5, 0.6) is 0 Å². The number of aromatic nitrogens is 1. The summed E-state index contributed by atoms with van der Waals surface area (Å²) in [4.78, 5) is 17.6. The molecular formula is C13H16ClN3O2. The van der Waals surface area contributed by atoms with Gasteiger partial charge in [-0.3, -0.25) is 4.79 Å². The fourth-order valence-corrected chi connectivity index (χ4v) is 3.24. The fraction of sp³-hybridized carbons (Fsp3) is 0.538. The Morgan fingerprint density at radius 1 is 1.53 bits per heavy atom. The molecule has 0 aromatic carbocycles. The summed E-state index contributed by atoms with van der Waals surface area (Å²) in [6.45, 7) is 1.47. The number of rotatable bonds is 2. The molecular weight excluding hydrogens is 266 g/mol. The Balaban J connectivity index is 1.90. The third-order valence-corrected chi connectivity index (χ3v) is 4.14. The summed E-state index contributed by atoms with van der Waals surface area (Å²) < 4.78 is 5.77. The third kappa shape index (κ3) is 2.28. The van der Waals surface area contributed by atoms with Crippen molar-refractivity contribution < 1.29 is 9.53 Å². The van der Waals surface area contributed by atoms with Gasteiger partial charge in [0.2, 0.25) is 5.91 Å². The van der Waals surface area contributed by atoms with Crippen LogP contribution >= 0.6 is 11.6 Å². The van der Waals surface area contributed by atoms with Crippen LogP contribution in [0.2, 0.25) is 5.02 Å². The van der Waals surface area contributed by atoms with Crippen LogP contribution in [0.4, 0.5) is 5.82 Å². The van der Waals surface area contributed by atoms with E-state index in [1.165, 1.54) is 12.6 Å². The van der Waals surface area contributed by atoms with Crippen LogP contribution in [-0.4, -0.2) is 36.2 Å². The number of hydrogen-bond acceptors (Lipinski definition) is 4. The van der Waals surface area contributed by atoms with E-state index in [1.54, 1.807) is 6.07 Å². The van der Waals surface area contributed by atoms with Gasteiger partial charge < -0.3 is 15.4 Å². The minimum absolute atomic E-state index is 0.280. The molecule has 1 amide bonds. The van der Waals surface area contributed by atoms with Crippen molar-refractivity contribution in [3.63, 3.8) is 0 Å². The van der Waals surface area contributed by atoms with E-state index in [4.69, 9.17) is 22.1 Å². The summed E-state index contributed by atoms with van der Waals surface area (Å²) in [6.07, 6.45) is 5.13. The lowest BCUT2D eigenvalue weighted by Gasteiger charge is -2.38. The van der Waals surface area contributed by atoms with Gasteiger partial charge in [0, 0.05) is 12.7 Å². The zero-order chi connectivity index (χ0) is 13.4. The Bertz CT molecular complexity index is 509. The molecule has 2 fully saturated rings. The second kappa shape index (κ2) is 4.98. The molecule has 102 valence electrons. The van der Waals surface area contributed by atoms with Gasteiger partial charge in [0.1, 0.15) is 5.82 Å². The molecule has 1 aromatic rings. The van der Waals surface area contributed by atoms with Gasteiger partial charge in [-0.2, -0.15) is 0 Å². The van der Waals surface area contributed by atoms with Crippen molar-refractivity contribution in [2.24, 2.45) is 5.73 Å². The molecule has 19 heavy (non-hydrogen) atoms. The second-order valence-electron chi connectivity index (χ2n) is 4.99. The first-order valence-corrected chi connectivity index (χ1v) is 6.88. The highest BCUT2D eigenvalue weighted by molar-refractivity contribution is 6.33. The summed E-state index contributed by atoms with van der Waals surface area (Å²) in [7, 11) is 0. The van der Waals surface area contributed by atoms with E-state index in [0.717, 1.165) is 25.2 Å². The highest BCUT2D eigenvalue weighted by Gasteiger charge is 2.37. The molecule has 1 aliphatic heterocycles. The molecule has 2 aliphatic rings. The number of morpholine rings is 1. The molecule has 2 atom stereocenters. The largest absolute Gasteiger partial charge is 0.374 e. The van der Waals surface area contributed by atoms with Gasteiger partial charge in [-0.15, -0.1) is 0 Å². The minimum atomic E-state index is -0.512. The van der Waals surface area contributed by atoms with Gasteiger partial charge in [-0.1, -0.05) is 11.6 Å². The quantitative estimate of drug-likeness (QED) is 0.894.